The monoisotopic (exact) mass is 317 g/mol. The molecular weight excluding hydrogens is 304 g/mol. The van der Waals surface area contributed by atoms with E-state index in [-0.39, 0.29) is 10.1 Å². The van der Waals surface area contributed by atoms with Gasteiger partial charge in [-0.15, -0.1) is 10.2 Å². The van der Waals surface area contributed by atoms with Crippen LogP contribution in [0, 0.1) is 6.92 Å². The lowest BCUT2D eigenvalue weighted by molar-refractivity contribution is -0.298. The van der Waals surface area contributed by atoms with Crippen molar-refractivity contribution >= 4 is 23.8 Å². The summed E-state index contributed by atoms with van der Waals surface area (Å²) in [4.78, 5) is 11.2. The molecule has 0 fully saturated rings. The van der Waals surface area contributed by atoms with Gasteiger partial charge in [-0.3, -0.25) is 0 Å². The number of hydrogen-bond donors (Lipinski definition) is 0. The highest BCUT2D eigenvalue weighted by Gasteiger charge is 2.09. The van der Waals surface area contributed by atoms with Crippen molar-refractivity contribution in [2.45, 2.75) is 12.1 Å². The SMILES string of the molecule is C=CCOc1cccc(/C=C(\Sc2nnc(C)o2)C(=O)[O-])c1. The van der Waals surface area contributed by atoms with Crippen LogP contribution in [0.25, 0.3) is 6.08 Å². The number of carbonyl (C=O) groups is 1. The average Bonchev–Trinajstić information content (AvgIpc) is 2.90. The molecule has 7 heteroatoms. The van der Waals surface area contributed by atoms with E-state index in [2.05, 4.69) is 16.8 Å². The van der Waals surface area contributed by atoms with Crippen molar-refractivity contribution in [1.82, 2.24) is 10.2 Å². The highest BCUT2D eigenvalue weighted by Crippen LogP contribution is 2.27. The molecule has 0 spiro atoms. The van der Waals surface area contributed by atoms with Crippen molar-refractivity contribution in [2.24, 2.45) is 0 Å². The van der Waals surface area contributed by atoms with Gasteiger partial charge in [0.2, 0.25) is 5.89 Å². The molecule has 22 heavy (non-hydrogen) atoms. The first-order valence-electron chi connectivity index (χ1n) is 6.33. The minimum atomic E-state index is -1.32. The second kappa shape index (κ2) is 7.46. The van der Waals surface area contributed by atoms with Gasteiger partial charge in [0.15, 0.2) is 0 Å². The molecule has 6 nitrogen and oxygen atoms in total. The molecule has 1 aromatic carbocycles. The molecule has 0 saturated carbocycles. The fourth-order valence-corrected chi connectivity index (χ4v) is 2.25. The molecule has 0 bridgehead atoms. The standard InChI is InChI=1S/C15H14N2O4S/c1-3-7-20-12-6-4-5-11(8-12)9-13(14(18)19)22-15-17-16-10(2)21-15/h3-6,8-9H,1,7H2,2H3,(H,18,19)/p-1/b13-9-. The van der Waals surface area contributed by atoms with Gasteiger partial charge in [-0.2, -0.15) is 0 Å². The molecule has 0 unspecified atom stereocenters. The molecule has 1 heterocycles. The maximum atomic E-state index is 11.2. The minimum Gasteiger partial charge on any atom is -0.544 e. The molecule has 2 rings (SSSR count). The number of nitrogens with zero attached hydrogens (tertiary/aromatic N) is 2. The summed E-state index contributed by atoms with van der Waals surface area (Å²) in [5.74, 6) is -0.344. The highest BCUT2D eigenvalue weighted by atomic mass is 32.2. The number of rotatable bonds is 7. The van der Waals surface area contributed by atoms with Crippen LogP contribution in [0.4, 0.5) is 0 Å². The lowest BCUT2D eigenvalue weighted by Crippen LogP contribution is -2.23. The van der Waals surface area contributed by atoms with Crippen molar-refractivity contribution in [3.05, 3.63) is 53.3 Å². The smallest absolute Gasteiger partial charge is 0.281 e. The van der Waals surface area contributed by atoms with Crippen LogP contribution in [0.2, 0.25) is 0 Å². The summed E-state index contributed by atoms with van der Waals surface area (Å²) in [6.07, 6.45) is 3.09. The third-order valence-electron chi connectivity index (χ3n) is 2.43. The van der Waals surface area contributed by atoms with E-state index >= 15 is 0 Å². The lowest BCUT2D eigenvalue weighted by atomic mass is 10.2. The predicted molar refractivity (Wildman–Crippen MR) is 80.0 cm³/mol. The van der Waals surface area contributed by atoms with Crippen molar-refractivity contribution in [1.29, 1.82) is 0 Å². The summed E-state index contributed by atoms with van der Waals surface area (Å²) in [5, 5.41) is 18.8. The molecule has 2 aromatic rings. The zero-order chi connectivity index (χ0) is 15.9. The molecule has 0 amide bonds. The van der Waals surface area contributed by atoms with E-state index in [0.717, 1.165) is 11.8 Å². The zero-order valence-corrected chi connectivity index (χ0v) is 12.6. The number of thioether (sulfide) groups is 1. The van der Waals surface area contributed by atoms with Gasteiger partial charge in [-0.1, -0.05) is 24.8 Å². The van der Waals surface area contributed by atoms with Gasteiger partial charge in [-0.05, 0) is 35.5 Å². The number of carboxylic acid groups (broad SMARTS) is 1. The topological polar surface area (TPSA) is 88.3 Å². The molecule has 0 aliphatic rings. The Balaban J connectivity index is 2.22. The zero-order valence-electron chi connectivity index (χ0n) is 11.8. The van der Waals surface area contributed by atoms with Crippen LogP contribution >= 0.6 is 11.8 Å². The van der Waals surface area contributed by atoms with E-state index in [9.17, 15) is 9.90 Å². The Morgan fingerprint density at radius 2 is 2.32 bits per heavy atom. The number of carboxylic acids is 1. The van der Waals surface area contributed by atoms with Crippen LogP contribution in [0.15, 0.2) is 51.5 Å². The summed E-state index contributed by atoms with van der Waals surface area (Å²) in [7, 11) is 0. The Labute approximate surface area is 131 Å². The first-order chi connectivity index (χ1) is 10.6. The minimum absolute atomic E-state index is 0.0375. The van der Waals surface area contributed by atoms with Gasteiger partial charge in [-0.25, -0.2) is 0 Å². The normalized spacial score (nSPS) is 11.2. The Hall–Kier alpha value is -2.54. The van der Waals surface area contributed by atoms with E-state index in [1.54, 1.807) is 37.3 Å². The number of carbonyl (C=O) groups excluding carboxylic acids is 1. The molecule has 0 aliphatic carbocycles. The van der Waals surface area contributed by atoms with E-state index in [4.69, 9.17) is 9.15 Å². The Morgan fingerprint density at radius 1 is 1.50 bits per heavy atom. The van der Waals surface area contributed by atoms with Gasteiger partial charge in [0.05, 0.1) is 5.97 Å². The Morgan fingerprint density at radius 3 is 2.95 bits per heavy atom. The largest absolute Gasteiger partial charge is 0.544 e. The second-order valence-corrected chi connectivity index (χ2v) is 5.15. The van der Waals surface area contributed by atoms with Gasteiger partial charge in [0.1, 0.15) is 12.4 Å². The van der Waals surface area contributed by atoms with E-state index in [1.807, 2.05) is 0 Å². The molecule has 0 aliphatic heterocycles. The maximum Gasteiger partial charge on any atom is 0.281 e. The molecule has 0 N–H and O–H groups in total. The summed E-state index contributed by atoms with van der Waals surface area (Å²) in [6, 6.07) is 7.00. The number of aryl methyl sites for hydroxylation is 1. The molecular formula is C15H13N2O4S-. The van der Waals surface area contributed by atoms with Crippen molar-refractivity contribution < 1.29 is 19.1 Å². The quantitative estimate of drug-likeness (QED) is 0.437. The van der Waals surface area contributed by atoms with E-state index < -0.39 is 5.97 Å². The van der Waals surface area contributed by atoms with Crippen molar-refractivity contribution in [3.8, 4) is 5.75 Å². The van der Waals surface area contributed by atoms with Gasteiger partial charge < -0.3 is 19.1 Å². The average molecular weight is 317 g/mol. The first-order valence-corrected chi connectivity index (χ1v) is 7.15. The summed E-state index contributed by atoms with van der Waals surface area (Å²) < 4.78 is 10.6. The van der Waals surface area contributed by atoms with E-state index in [1.165, 1.54) is 6.08 Å². The van der Waals surface area contributed by atoms with Crippen LogP contribution in [-0.4, -0.2) is 22.8 Å². The molecule has 1 aromatic heterocycles. The Bertz CT molecular complexity index is 709. The van der Waals surface area contributed by atoms with Crippen LogP contribution in [0.3, 0.4) is 0 Å². The third kappa shape index (κ3) is 4.49. The van der Waals surface area contributed by atoms with Crippen LogP contribution < -0.4 is 9.84 Å². The number of aromatic nitrogens is 2. The predicted octanol–water partition coefficient (Wildman–Crippen LogP) is 1.83. The number of benzene rings is 1. The van der Waals surface area contributed by atoms with Crippen molar-refractivity contribution in [3.63, 3.8) is 0 Å². The van der Waals surface area contributed by atoms with Crippen LogP contribution in [-0.2, 0) is 4.79 Å². The highest BCUT2D eigenvalue weighted by molar-refractivity contribution is 8.03. The lowest BCUT2D eigenvalue weighted by Gasteiger charge is -2.07. The van der Waals surface area contributed by atoms with Crippen LogP contribution in [0.5, 0.6) is 5.75 Å². The molecule has 0 atom stereocenters. The van der Waals surface area contributed by atoms with E-state index in [0.29, 0.717) is 23.8 Å². The third-order valence-corrected chi connectivity index (χ3v) is 3.27. The number of aliphatic carboxylic acids is 1. The Kier molecular flexibility index (Phi) is 5.37. The maximum absolute atomic E-state index is 11.2. The molecule has 0 radical (unpaired) electrons. The summed E-state index contributed by atoms with van der Waals surface area (Å²) in [5.41, 5.74) is 0.657. The summed E-state index contributed by atoms with van der Waals surface area (Å²) in [6.45, 7) is 5.57. The second-order valence-electron chi connectivity index (χ2n) is 4.16. The van der Waals surface area contributed by atoms with Gasteiger partial charge >= 0.3 is 0 Å². The number of ether oxygens (including phenoxy) is 1. The fourth-order valence-electron chi connectivity index (χ4n) is 1.54. The fraction of sp³-hybridized carbons (Fsp3) is 0.133. The van der Waals surface area contributed by atoms with Crippen LogP contribution in [0.1, 0.15) is 11.5 Å². The molecule has 0 saturated heterocycles. The summed E-state index contributed by atoms with van der Waals surface area (Å²) >= 11 is 0.838. The van der Waals surface area contributed by atoms with Crippen molar-refractivity contribution in [2.75, 3.05) is 6.61 Å². The van der Waals surface area contributed by atoms with Gasteiger partial charge in [0, 0.05) is 11.8 Å². The number of hydrogen-bond acceptors (Lipinski definition) is 7. The first kappa shape index (κ1) is 15.8. The molecule has 114 valence electrons. The van der Waals surface area contributed by atoms with Gasteiger partial charge in [0.25, 0.3) is 5.22 Å².